The van der Waals surface area contributed by atoms with E-state index in [0.717, 1.165) is 17.5 Å². The number of hydrogen-bond acceptors (Lipinski definition) is 3. The number of hydrogen-bond donors (Lipinski definition) is 1. The molecule has 0 aliphatic carbocycles. The molecule has 3 rings (SSSR count). The quantitative estimate of drug-likeness (QED) is 0.884. The average molecular weight is 291 g/mol. The first-order valence-electron chi connectivity index (χ1n) is 7.37. The fourth-order valence-corrected chi connectivity index (χ4v) is 2.68. The molecule has 1 heterocycles. The fraction of sp³-hybridized carbons (Fsp3) is 0.222. The number of carbonyl (C=O) groups excluding carboxylic acids is 1. The van der Waals surface area contributed by atoms with Crippen LogP contribution < -0.4 is 5.32 Å². The van der Waals surface area contributed by atoms with Crippen molar-refractivity contribution in [1.29, 1.82) is 5.26 Å². The Kier molecular flexibility index (Phi) is 4.06. The summed E-state index contributed by atoms with van der Waals surface area (Å²) < 4.78 is 0. The van der Waals surface area contributed by atoms with Gasteiger partial charge in [-0.25, -0.2) is 0 Å². The molecule has 4 nitrogen and oxygen atoms in total. The summed E-state index contributed by atoms with van der Waals surface area (Å²) in [5, 5.41) is 11.8. The van der Waals surface area contributed by atoms with Crippen LogP contribution in [0, 0.1) is 11.5 Å². The van der Waals surface area contributed by atoms with E-state index in [1.54, 1.807) is 4.90 Å². The maximum absolute atomic E-state index is 12.2. The van der Waals surface area contributed by atoms with Crippen LogP contribution >= 0.6 is 0 Å². The molecule has 1 aliphatic heterocycles. The second-order valence-electron chi connectivity index (χ2n) is 5.45. The normalized spacial score (nSPS) is 17.0. The Morgan fingerprint density at radius 2 is 1.77 bits per heavy atom. The number of benzene rings is 2. The summed E-state index contributed by atoms with van der Waals surface area (Å²) in [7, 11) is 0. The number of nitriles is 1. The molecule has 1 atom stereocenters. The number of carbonyl (C=O) groups is 1. The second-order valence-corrected chi connectivity index (χ2v) is 5.45. The third kappa shape index (κ3) is 3.09. The molecule has 1 unspecified atom stereocenters. The van der Waals surface area contributed by atoms with Crippen LogP contribution in [0.2, 0.25) is 0 Å². The smallest absolute Gasteiger partial charge is 0.251 e. The van der Waals surface area contributed by atoms with Crippen molar-refractivity contribution in [3.05, 3.63) is 60.2 Å². The number of rotatable bonds is 3. The molecule has 110 valence electrons. The standard InChI is InChI=1S/C18H17N3O/c19-13-21-11-10-17(12-21)20-18(22)16-8-6-15(7-9-16)14-4-2-1-3-5-14/h1-9,17H,10-12H2,(H,20,22). The van der Waals surface area contributed by atoms with E-state index in [4.69, 9.17) is 5.26 Å². The molecule has 1 saturated heterocycles. The summed E-state index contributed by atoms with van der Waals surface area (Å²) in [5.41, 5.74) is 2.87. The van der Waals surface area contributed by atoms with Gasteiger partial charge >= 0.3 is 0 Å². The minimum absolute atomic E-state index is 0.0564. The summed E-state index contributed by atoms with van der Waals surface area (Å²) in [4.78, 5) is 13.9. The second kappa shape index (κ2) is 6.31. The van der Waals surface area contributed by atoms with Crippen molar-refractivity contribution in [2.24, 2.45) is 0 Å². The molecular formula is C18H17N3O. The highest BCUT2D eigenvalue weighted by molar-refractivity contribution is 5.94. The monoisotopic (exact) mass is 291 g/mol. The lowest BCUT2D eigenvalue weighted by atomic mass is 10.0. The van der Waals surface area contributed by atoms with Crippen molar-refractivity contribution in [2.75, 3.05) is 13.1 Å². The van der Waals surface area contributed by atoms with Crippen molar-refractivity contribution in [1.82, 2.24) is 10.2 Å². The predicted molar refractivity (Wildman–Crippen MR) is 84.9 cm³/mol. The van der Waals surface area contributed by atoms with Gasteiger partial charge in [-0.2, -0.15) is 5.26 Å². The summed E-state index contributed by atoms with van der Waals surface area (Å²) in [6.07, 6.45) is 2.94. The third-order valence-corrected chi connectivity index (χ3v) is 3.92. The molecule has 0 saturated carbocycles. The van der Waals surface area contributed by atoms with Crippen LogP contribution in [0.3, 0.4) is 0 Å². The molecule has 1 amide bonds. The Hall–Kier alpha value is -2.80. The van der Waals surface area contributed by atoms with Crippen LogP contribution in [-0.2, 0) is 0 Å². The van der Waals surface area contributed by atoms with Crippen molar-refractivity contribution >= 4 is 5.91 Å². The topological polar surface area (TPSA) is 56.1 Å². The van der Waals surface area contributed by atoms with E-state index in [0.29, 0.717) is 18.7 Å². The molecule has 0 spiro atoms. The van der Waals surface area contributed by atoms with Crippen LogP contribution in [0.1, 0.15) is 16.8 Å². The van der Waals surface area contributed by atoms with E-state index in [1.165, 1.54) is 0 Å². The lowest BCUT2D eigenvalue weighted by molar-refractivity contribution is 0.0939. The summed E-state index contributed by atoms with van der Waals surface area (Å²) >= 11 is 0. The lowest BCUT2D eigenvalue weighted by Crippen LogP contribution is -2.36. The van der Waals surface area contributed by atoms with Crippen LogP contribution in [0.5, 0.6) is 0 Å². The van der Waals surface area contributed by atoms with E-state index >= 15 is 0 Å². The number of likely N-dealkylation sites (tertiary alicyclic amines) is 1. The molecular weight excluding hydrogens is 274 g/mol. The maximum Gasteiger partial charge on any atom is 0.251 e. The molecule has 0 bridgehead atoms. The van der Waals surface area contributed by atoms with E-state index in [1.807, 2.05) is 54.6 Å². The molecule has 1 fully saturated rings. The minimum Gasteiger partial charge on any atom is -0.347 e. The number of nitrogens with zero attached hydrogens (tertiary/aromatic N) is 2. The number of nitrogens with one attached hydrogen (secondary N) is 1. The Morgan fingerprint density at radius 3 is 2.41 bits per heavy atom. The van der Waals surface area contributed by atoms with Gasteiger partial charge in [-0.1, -0.05) is 42.5 Å². The van der Waals surface area contributed by atoms with E-state index in [2.05, 4.69) is 11.5 Å². The first kappa shape index (κ1) is 14.2. The molecule has 1 N–H and O–H groups in total. The van der Waals surface area contributed by atoms with Crippen LogP contribution in [-0.4, -0.2) is 29.9 Å². The van der Waals surface area contributed by atoms with Gasteiger partial charge in [0.2, 0.25) is 0 Å². The van der Waals surface area contributed by atoms with Gasteiger partial charge < -0.3 is 10.2 Å². The minimum atomic E-state index is -0.0793. The summed E-state index contributed by atoms with van der Waals surface area (Å²) in [5.74, 6) is -0.0793. The first-order chi connectivity index (χ1) is 10.8. The molecule has 2 aromatic carbocycles. The zero-order valence-electron chi connectivity index (χ0n) is 12.2. The van der Waals surface area contributed by atoms with Gasteiger partial charge in [0, 0.05) is 24.7 Å². The Labute approximate surface area is 130 Å². The SMILES string of the molecule is N#CN1CCC(NC(=O)c2ccc(-c3ccccc3)cc2)C1. The van der Waals surface area contributed by atoms with Gasteiger partial charge in [0.15, 0.2) is 6.19 Å². The molecule has 2 aromatic rings. The third-order valence-electron chi connectivity index (χ3n) is 3.92. The first-order valence-corrected chi connectivity index (χ1v) is 7.37. The van der Waals surface area contributed by atoms with Crippen LogP contribution in [0.15, 0.2) is 54.6 Å². The fourth-order valence-electron chi connectivity index (χ4n) is 2.68. The summed E-state index contributed by atoms with van der Waals surface area (Å²) in [6, 6.07) is 17.7. The predicted octanol–water partition coefficient (Wildman–Crippen LogP) is 2.64. The lowest BCUT2D eigenvalue weighted by Gasteiger charge is -2.12. The van der Waals surface area contributed by atoms with Gasteiger partial charge in [-0.05, 0) is 29.7 Å². The Morgan fingerprint density at radius 1 is 1.09 bits per heavy atom. The zero-order chi connectivity index (χ0) is 15.4. The Balaban J connectivity index is 1.66. The van der Waals surface area contributed by atoms with Gasteiger partial charge in [-0.3, -0.25) is 4.79 Å². The highest BCUT2D eigenvalue weighted by Crippen LogP contribution is 2.19. The van der Waals surface area contributed by atoms with Gasteiger partial charge in [0.25, 0.3) is 5.91 Å². The molecule has 4 heteroatoms. The van der Waals surface area contributed by atoms with Crippen molar-refractivity contribution in [3.63, 3.8) is 0 Å². The van der Waals surface area contributed by atoms with Crippen molar-refractivity contribution < 1.29 is 4.79 Å². The molecule has 1 aliphatic rings. The number of amides is 1. The molecule has 0 aromatic heterocycles. The molecule has 22 heavy (non-hydrogen) atoms. The zero-order valence-corrected chi connectivity index (χ0v) is 12.2. The van der Waals surface area contributed by atoms with Crippen molar-refractivity contribution in [2.45, 2.75) is 12.5 Å². The van der Waals surface area contributed by atoms with Crippen LogP contribution in [0.25, 0.3) is 11.1 Å². The van der Waals surface area contributed by atoms with E-state index in [-0.39, 0.29) is 11.9 Å². The van der Waals surface area contributed by atoms with Gasteiger partial charge in [0.05, 0.1) is 0 Å². The highest BCUT2D eigenvalue weighted by atomic mass is 16.1. The molecule has 0 radical (unpaired) electrons. The van der Waals surface area contributed by atoms with Gasteiger partial charge in [-0.15, -0.1) is 0 Å². The van der Waals surface area contributed by atoms with Crippen molar-refractivity contribution in [3.8, 4) is 17.3 Å². The van der Waals surface area contributed by atoms with E-state index in [9.17, 15) is 4.79 Å². The highest BCUT2D eigenvalue weighted by Gasteiger charge is 2.23. The summed E-state index contributed by atoms with van der Waals surface area (Å²) in [6.45, 7) is 1.32. The van der Waals surface area contributed by atoms with E-state index < -0.39 is 0 Å². The maximum atomic E-state index is 12.2. The van der Waals surface area contributed by atoms with Crippen LogP contribution in [0.4, 0.5) is 0 Å². The van der Waals surface area contributed by atoms with Gasteiger partial charge in [0.1, 0.15) is 0 Å². The average Bonchev–Trinajstić information content (AvgIpc) is 3.03. The largest absolute Gasteiger partial charge is 0.347 e. The Bertz CT molecular complexity index is 689.